The summed E-state index contributed by atoms with van der Waals surface area (Å²) in [7, 11) is 0. The Hall–Kier alpha value is -3.19. The van der Waals surface area contributed by atoms with Crippen LogP contribution in [0, 0.1) is 13.8 Å². The molecule has 2 aromatic carbocycles. The van der Waals surface area contributed by atoms with Gasteiger partial charge in [-0.25, -0.2) is 9.97 Å². The third-order valence-corrected chi connectivity index (χ3v) is 5.79. The highest BCUT2D eigenvalue weighted by Crippen LogP contribution is 2.20. The van der Waals surface area contributed by atoms with Crippen molar-refractivity contribution in [2.75, 3.05) is 11.6 Å². The van der Waals surface area contributed by atoms with E-state index in [1.807, 2.05) is 69.5 Å². The standard InChI is InChI=1S/C25H28N4O2S/c1-16(26-23(30)14-13-22-17(2)27-25(32-4)28-18(22)3)20-11-8-12-21(15-20)29-24(31)19-9-6-5-7-10-19/h5-12,15-16H,13-14H2,1-4H3,(H,26,30)(H,29,31). The van der Waals surface area contributed by atoms with Gasteiger partial charge in [-0.15, -0.1) is 0 Å². The van der Waals surface area contributed by atoms with Crippen molar-refractivity contribution in [2.24, 2.45) is 0 Å². The Kier molecular flexibility index (Phi) is 8.00. The summed E-state index contributed by atoms with van der Waals surface area (Å²) in [6.07, 6.45) is 2.90. The van der Waals surface area contributed by atoms with Gasteiger partial charge in [0.05, 0.1) is 6.04 Å². The van der Waals surface area contributed by atoms with E-state index < -0.39 is 0 Å². The summed E-state index contributed by atoms with van der Waals surface area (Å²) in [5.41, 5.74) is 5.07. The lowest BCUT2D eigenvalue weighted by Crippen LogP contribution is -2.27. The number of aromatic nitrogens is 2. The van der Waals surface area contributed by atoms with Crippen LogP contribution in [-0.4, -0.2) is 28.0 Å². The molecule has 32 heavy (non-hydrogen) atoms. The van der Waals surface area contributed by atoms with Crippen LogP contribution in [0.25, 0.3) is 0 Å². The van der Waals surface area contributed by atoms with E-state index in [4.69, 9.17) is 0 Å². The van der Waals surface area contributed by atoms with Crippen LogP contribution >= 0.6 is 11.8 Å². The van der Waals surface area contributed by atoms with Crippen molar-refractivity contribution in [3.8, 4) is 0 Å². The molecular formula is C25H28N4O2S. The number of nitrogens with zero attached hydrogens (tertiary/aromatic N) is 2. The van der Waals surface area contributed by atoms with E-state index >= 15 is 0 Å². The Morgan fingerprint density at radius 1 is 1.00 bits per heavy atom. The first-order chi connectivity index (χ1) is 15.4. The monoisotopic (exact) mass is 448 g/mol. The summed E-state index contributed by atoms with van der Waals surface area (Å²) >= 11 is 1.51. The van der Waals surface area contributed by atoms with Crippen LogP contribution in [-0.2, 0) is 11.2 Å². The number of carbonyl (C=O) groups excluding carboxylic acids is 2. The second-order valence-corrected chi connectivity index (χ2v) is 8.37. The highest BCUT2D eigenvalue weighted by Gasteiger charge is 2.14. The number of carbonyl (C=O) groups is 2. The maximum absolute atomic E-state index is 12.6. The summed E-state index contributed by atoms with van der Waals surface area (Å²) in [6, 6.07) is 16.4. The first kappa shape index (κ1) is 23.5. The first-order valence-electron chi connectivity index (χ1n) is 10.5. The van der Waals surface area contributed by atoms with Crippen molar-refractivity contribution >= 4 is 29.3 Å². The van der Waals surface area contributed by atoms with Crippen LogP contribution < -0.4 is 10.6 Å². The minimum Gasteiger partial charge on any atom is -0.350 e. The van der Waals surface area contributed by atoms with E-state index in [-0.39, 0.29) is 17.9 Å². The molecule has 0 saturated carbocycles. The highest BCUT2D eigenvalue weighted by molar-refractivity contribution is 7.98. The normalized spacial score (nSPS) is 11.6. The zero-order chi connectivity index (χ0) is 23.1. The number of aryl methyl sites for hydroxylation is 2. The fourth-order valence-electron chi connectivity index (χ4n) is 3.48. The minimum atomic E-state index is -0.187. The third kappa shape index (κ3) is 6.17. The molecule has 1 heterocycles. The number of rotatable bonds is 8. The van der Waals surface area contributed by atoms with E-state index in [1.165, 1.54) is 11.8 Å². The molecule has 2 amide bonds. The molecule has 0 spiro atoms. The molecule has 0 aliphatic carbocycles. The van der Waals surface area contributed by atoms with Gasteiger partial charge in [0.15, 0.2) is 5.16 Å². The number of amides is 2. The molecule has 7 heteroatoms. The Morgan fingerprint density at radius 2 is 1.69 bits per heavy atom. The predicted octanol–water partition coefficient (Wildman–Crippen LogP) is 4.88. The maximum atomic E-state index is 12.6. The van der Waals surface area contributed by atoms with E-state index in [2.05, 4.69) is 20.6 Å². The van der Waals surface area contributed by atoms with Crippen molar-refractivity contribution in [1.29, 1.82) is 0 Å². The third-order valence-electron chi connectivity index (χ3n) is 5.24. The summed E-state index contributed by atoms with van der Waals surface area (Å²) < 4.78 is 0. The molecule has 166 valence electrons. The zero-order valence-electron chi connectivity index (χ0n) is 18.8. The molecule has 2 N–H and O–H groups in total. The molecule has 3 rings (SSSR count). The molecular weight excluding hydrogens is 420 g/mol. The average Bonchev–Trinajstić information content (AvgIpc) is 2.79. The lowest BCUT2D eigenvalue weighted by Gasteiger charge is -2.16. The average molecular weight is 449 g/mol. The second kappa shape index (κ2) is 10.9. The van der Waals surface area contributed by atoms with Crippen molar-refractivity contribution in [1.82, 2.24) is 15.3 Å². The van der Waals surface area contributed by atoms with E-state index in [0.717, 1.165) is 27.7 Å². The molecule has 0 radical (unpaired) electrons. The maximum Gasteiger partial charge on any atom is 0.255 e. The van der Waals surface area contributed by atoms with E-state index in [9.17, 15) is 9.59 Å². The van der Waals surface area contributed by atoms with Gasteiger partial charge in [0, 0.05) is 29.1 Å². The molecule has 6 nitrogen and oxygen atoms in total. The summed E-state index contributed by atoms with van der Waals surface area (Å²) in [5.74, 6) is -0.205. The topological polar surface area (TPSA) is 84.0 Å². The van der Waals surface area contributed by atoms with Crippen LogP contribution in [0.5, 0.6) is 0 Å². The largest absolute Gasteiger partial charge is 0.350 e. The Labute approximate surface area is 193 Å². The lowest BCUT2D eigenvalue weighted by molar-refractivity contribution is -0.121. The molecule has 0 fully saturated rings. The van der Waals surface area contributed by atoms with Crippen LogP contribution in [0.15, 0.2) is 59.8 Å². The van der Waals surface area contributed by atoms with Gasteiger partial charge >= 0.3 is 0 Å². The molecule has 0 aliphatic rings. The van der Waals surface area contributed by atoms with Gasteiger partial charge < -0.3 is 10.6 Å². The van der Waals surface area contributed by atoms with Crippen LogP contribution in [0.4, 0.5) is 5.69 Å². The molecule has 0 saturated heterocycles. The van der Waals surface area contributed by atoms with Gasteiger partial charge in [-0.1, -0.05) is 42.1 Å². The van der Waals surface area contributed by atoms with Crippen molar-refractivity contribution in [2.45, 2.75) is 44.8 Å². The van der Waals surface area contributed by atoms with Gasteiger partial charge in [0.1, 0.15) is 0 Å². The summed E-state index contributed by atoms with van der Waals surface area (Å²) in [4.78, 5) is 33.9. The lowest BCUT2D eigenvalue weighted by atomic mass is 10.0. The number of benzene rings is 2. The molecule has 0 aliphatic heterocycles. The van der Waals surface area contributed by atoms with Gasteiger partial charge in [-0.2, -0.15) is 0 Å². The van der Waals surface area contributed by atoms with E-state index in [0.29, 0.717) is 24.1 Å². The predicted molar refractivity (Wildman–Crippen MR) is 129 cm³/mol. The van der Waals surface area contributed by atoms with Gasteiger partial charge in [0.2, 0.25) is 5.91 Å². The van der Waals surface area contributed by atoms with Crippen LogP contribution in [0.1, 0.15) is 52.3 Å². The quantitative estimate of drug-likeness (QED) is 0.379. The zero-order valence-corrected chi connectivity index (χ0v) is 19.6. The second-order valence-electron chi connectivity index (χ2n) is 7.59. The summed E-state index contributed by atoms with van der Waals surface area (Å²) in [6.45, 7) is 5.85. The fraction of sp³-hybridized carbons (Fsp3) is 0.280. The fourth-order valence-corrected chi connectivity index (χ4v) is 3.93. The Bertz CT molecular complexity index is 1080. The minimum absolute atomic E-state index is 0.0380. The molecule has 1 aromatic heterocycles. The van der Waals surface area contributed by atoms with Crippen LogP contribution in [0.2, 0.25) is 0 Å². The van der Waals surface area contributed by atoms with Crippen molar-refractivity contribution < 1.29 is 9.59 Å². The van der Waals surface area contributed by atoms with Crippen LogP contribution in [0.3, 0.4) is 0 Å². The van der Waals surface area contributed by atoms with Gasteiger partial charge in [0.25, 0.3) is 5.91 Å². The smallest absolute Gasteiger partial charge is 0.255 e. The SMILES string of the molecule is CSc1nc(C)c(CCC(=O)NC(C)c2cccc(NC(=O)c3ccccc3)c2)c(C)n1. The molecule has 3 aromatic rings. The Morgan fingerprint density at radius 3 is 2.34 bits per heavy atom. The summed E-state index contributed by atoms with van der Waals surface area (Å²) in [5, 5.41) is 6.70. The van der Waals surface area contributed by atoms with E-state index in [1.54, 1.807) is 12.1 Å². The molecule has 0 bridgehead atoms. The van der Waals surface area contributed by atoms with Gasteiger partial charge in [-0.05, 0) is 68.8 Å². The Balaban J connectivity index is 1.59. The number of thioether (sulfide) groups is 1. The van der Waals surface area contributed by atoms with Crippen molar-refractivity contribution in [3.05, 3.63) is 82.7 Å². The van der Waals surface area contributed by atoms with Gasteiger partial charge in [-0.3, -0.25) is 9.59 Å². The number of anilines is 1. The number of nitrogens with one attached hydrogen (secondary N) is 2. The number of hydrogen-bond donors (Lipinski definition) is 2. The molecule has 1 unspecified atom stereocenters. The molecule has 1 atom stereocenters. The highest BCUT2D eigenvalue weighted by atomic mass is 32.2. The first-order valence-corrected chi connectivity index (χ1v) is 11.7. The number of hydrogen-bond acceptors (Lipinski definition) is 5. The van der Waals surface area contributed by atoms with Crippen molar-refractivity contribution in [3.63, 3.8) is 0 Å².